The molecular formula is C16H36N2. The van der Waals surface area contributed by atoms with E-state index >= 15 is 0 Å². The Balaban J connectivity index is 4.60. The van der Waals surface area contributed by atoms with E-state index in [9.17, 15) is 0 Å². The molecule has 0 heterocycles. The summed E-state index contributed by atoms with van der Waals surface area (Å²) in [6, 6.07) is 1.92. The van der Waals surface area contributed by atoms with Gasteiger partial charge in [0.1, 0.15) is 0 Å². The third kappa shape index (κ3) is 6.19. The second-order valence-corrected chi connectivity index (χ2v) is 6.04. The Morgan fingerprint density at radius 3 is 1.89 bits per heavy atom. The van der Waals surface area contributed by atoms with Gasteiger partial charge < -0.3 is 5.32 Å². The molecule has 0 aliphatic rings. The number of nitrogens with one attached hydrogen (secondary N) is 1. The Morgan fingerprint density at radius 2 is 1.50 bits per heavy atom. The molecule has 0 fully saturated rings. The van der Waals surface area contributed by atoms with Crippen LogP contribution in [0.4, 0.5) is 0 Å². The standard InChI is InChI=1S/C16H36N2/c1-8-11-17-14(6)15(7)18(12-13(4)5)16(9-2)10-3/h13-17H,8-12H2,1-7H3. The lowest BCUT2D eigenvalue weighted by Crippen LogP contribution is -2.52. The Kier molecular flexibility index (Phi) is 9.76. The zero-order chi connectivity index (χ0) is 14.1. The van der Waals surface area contributed by atoms with Gasteiger partial charge in [-0.05, 0) is 45.6 Å². The van der Waals surface area contributed by atoms with E-state index in [1.54, 1.807) is 0 Å². The van der Waals surface area contributed by atoms with Crippen molar-refractivity contribution in [3.8, 4) is 0 Å². The quantitative estimate of drug-likeness (QED) is 0.637. The van der Waals surface area contributed by atoms with Crippen molar-refractivity contribution in [2.75, 3.05) is 13.1 Å². The Morgan fingerprint density at radius 1 is 0.944 bits per heavy atom. The number of hydrogen-bond acceptors (Lipinski definition) is 2. The van der Waals surface area contributed by atoms with Crippen molar-refractivity contribution in [1.29, 1.82) is 0 Å². The molecule has 0 aliphatic heterocycles. The molecule has 0 rings (SSSR count). The fourth-order valence-electron chi connectivity index (χ4n) is 2.66. The molecule has 2 nitrogen and oxygen atoms in total. The molecule has 1 N–H and O–H groups in total. The Labute approximate surface area is 116 Å². The van der Waals surface area contributed by atoms with Crippen molar-refractivity contribution in [2.45, 2.75) is 85.9 Å². The highest BCUT2D eigenvalue weighted by Crippen LogP contribution is 2.17. The molecular weight excluding hydrogens is 220 g/mol. The Hall–Kier alpha value is -0.0800. The van der Waals surface area contributed by atoms with E-state index in [0.717, 1.165) is 18.5 Å². The van der Waals surface area contributed by atoms with Crippen LogP contribution in [0.2, 0.25) is 0 Å². The average molecular weight is 256 g/mol. The van der Waals surface area contributed by atoms with Crippen LogP contribution in [0.25, 0.3) is 0 Å². The lowest BCUT2D eigenvalue weighted by Gasteiger charge is -2.40. The van der Waals surface area contributed by atoms with Crippen LogP contribution in [-0.4, -0.2) is 36.1 Å². The van der Waals surface area contributed by atoms with Crippen molar-refractivity contribution in [2.24, 2.45) is 5.92 Å². The normalized spacial score (nSPS) is 15.7. The minimum absolute atomic E-state index is 0.573. The number of nitrogens with zero attached hydrogens (tertiary/aromatic N) is 1. The molecule has 0 aromatic heterocycles. The van der Waals surface area contributed by atoms with E-state index in [0.29, 0.717) is 12.1 Å². The second-order valence-electron chi connectivity index (χ2n) is 6.04. The molecule has 0 saturated carbocycles. The van der Waals surface area contributed by atoms with Gasteiger partial charge in [0.2, 0.25) is 0 Å². The van der Waals surface area contributed by atoms with Gasteiger partial charge in [0.05, 0.1) is 0 Å². The minimum atomic E-state index is 0.573. The van der Waals surface area contributed by atoms with E-state index in [2.05, 4.69) is 58.7 Å². The first-order chi connectivity index (χ1) is 8.47. The van der Waals surface area contributed by atoms with Crippen molar-refractivity contribution in [1.82, 2.24) is 10.2 Å². The van der Waals surface area contributed by atoms with Crippen molar-refractivity contribution >= 4 is 0 Å². The molecule has 0 bridgehead atoms. The smallest absolute Gasteiger partial charge is 0.0221 e. The van der Waals surface area contributed by atoms with Gasteiger partial charge in [-0.3, -0.25) is 4.90 Å². The first-order valence-corrected chi connectivity index (χ1v) is 7.96. The van der Waals surface area contributed by atoms with Gasteiger partial charge in [-0.25, -0.2) is 0 Å². The van der Waals surface area contributed by atoms with Crippen LogP contribution in [0, 0.1) is 5.92 Å². The molecule has 0 aromatic carbocycles. The lowest BCUT2D eigenvalue weighted by molar-refractivity contribution is 0.0976. The van der Waals surface area contributed by atoms with E-state index in [-0.39, 0.29) is 0 Å². The first kappa shape index (κ1) is 17.9. The fraction of sp³-hybridized carbons (Fsp3) is 1.00. The van der Waals surface area contributed by atoms with Gasteiger partial charge >= 0.3 is 0 Å². The highest BCUT2D eigenvalue weighted by molar-refractivity contribution is 4.82. The van der Waals surface area contributed by atoms with E-state index < -0.39 is 0 Å². The van der Waals surface area contributed by atoms with Crippen LogP contribution >= 0.6 is 0 Å². The first-order valence-electron chi connectivity index (χ1n) is 7.96. The molecule has 18 heavy (non-hydrogen) atoms. The maximum Gasteiger partial charge on any atom is 0.0221 e. The summed E-state index contributed by atoms with van der Waals surface area (Å²) in [5, 5.41) is 3.65. The highest BCUT2D eigenvalue weighted by atomic mass is 15.2. The van der Waals surface area contributed by atoms with Gasteiger partial charge in [0.15, 0.2) is 0 Å². The second kappa shape index (κ2) is 9.80. The third-order valence-corrected chi connectivity index (χ3v) is 3.95. The largest absolute Gasteiger partial charge is 0.313 e. The Bertz CT molecular complexity index is 188. The van der Waals surface area contributed by atoms with Crippen LogP contribution in [0.3, 0.4) is 0 Å². The predicted molar refractivity (Wildman–Crippen MR) is 83.1 cm³/mol. The fourth-order valence-corrected chi connectivity index (χ4v) is 2.66. The van der Waals surface area contributed by atoms with Crippen LogP contribution < -0.4 is 5.32 Å². The molecule has 2 heteroatoms. The zero-order valence-corrected chi connectivity index (χ0v) is 13.8. The summed E-state index contributed by atoms with van der Waals surface area (Å²) in [6.07, 6.45) is 3.73. The molecule has 0 aromatic rings. The molecule has 110 valence electrons. The van der Waals surface area contributed by atoms with E-state index in [4.69, 9.17) is 0 Å². The summed E-state index contributed by atoms with van der Waals surface area (Å²) in [7, 11) is 0. The number of hydrogen-bond donors (Lipinski definition) is 1. The summed E-state index contributed by atoms with van der Waals surface area (Å²) < 4.78 is 0. The predicted octanol–water partition coefficient (Wildman–Crippen LogP) is 3.91. The molecule has 0 spiro atoms. The summed E-state index contributed by atoms with van der Waals surface area (Å²) in [4.78, 5) is 2.72. The van der Waals surface area contributed by atoms with Gasteiger partial charge in [-0.1, -0.05) is 34.6 Å². The van der Waals surface area contributed by atoms with E-state index in [1.807, 2.05) is 0 Å². The van der Waals surface area contributed by atoms with Gasteiger partial charge in [0, 0.05) is 24.7 Å². The number of rotatable bonds is 10. The average Bonchev–Trinajstić information content (AvgIpc) is 2.34. The summed E-state index contributed by atoms with van der Waals surface area (Å²) in [5.41, 5.74) is 0. The topological polar surface area (TPSA) is 15.3 Å². The van der Waals surface area contributed by atoms with Gasteiger partial charge in [0.25, 0.3) is 0 Å². The molecule has 0 radical (unpaired) electrons. The van der Waals surface area contributed by atoms with Crippen LogP contribution in [0.5, 0.6) is 0 Å². The summed E-state index contributed by atoms with van der Waals surface area (Å²) in [6.45, 7) is 18.6. The molecule has 0 saturated heterocycles. The van der Waals surface area contributed by atoms with Crippen molar-refractivity contribution in [3.05, 3.63) is 0 Å². The summed E-state index contributed by atoms with van der Waals surface area (Å²) in [5.74, 6) is 0.742. The third-order valence-electron chi connectivity index (χ3n) is 3.95. The van der Waals surface area contributed by atoms with Crippen molar-refractivity contribution < 1.29 is 0 Å². The molecule has 0 aliphatic carbocycles. The van der Waals surface area contributed by atoms with Crippen LogP contribution in [0.15, 0.2) is 0 Å². The maximum absolute atomic E-state index is 3.65. The maximum atomic E-state index is 3.65. The van der Waals surface area contributed by atoms with Crippen LogP contribution in [0.1, 0.15) is 67.7 Å². The molecule has 0 amide bonds. The highest BCUT2D eigenvalue weighted by Gasteiger charge is 2.25. The summed E-state index contributed by atoms with van der Waals surface area (Å²) >= 11 is 0. The van der Waals surface area contributed by atoms with Crippen molar-refractivity contribution in [3.63, 3.8) is 0 Å². The molecule has 2 unspecified atom stereocenters. The SMILES string of the molecule is CCCNC(C)C(C)N(CC(C)C)C(CC)CC. The van der Waals surface area contributed by atoms with E-state index in [1.165, 1.54) is 25.8 Å². The van der Waals surface area contributed by atoms with Gasteiger partial charge in [-0.2, -0.15) is 0 Å². The van der Waals surface area contributed by atoms with Crippen LogP contribution in [-0.2, 0) is 0 Å². The lowest BCUT2D eigenvalue weighted by atomic mass is 10.0. The molecule has 2 atom stereocenters. The van der Waals surface area contributed by atoms with Gasteiger partial charge in [-0.15, -0.1) is 0 Å². The zero-order valence-electron chi connectivity index (χ0n) is 13.8. The minimum Gasteiger partial charge on any atom is -0.313 e. The monoisotopic (exact) mass is 256 g/mol.